The lowest BCUT2D eigenvalue weighted by Gasteiger charge is -2.30. The van der Waals surface area contributed by atoms with E-state index in [1.807, 2.05) is 27.7 Å². The van der Waals surface area contributed by atoms with E-state index in [-0.39, 0.29) is 46.8 Å². The van der Waals surface area contributed by atoms with Crippen molar-refractivity contribution in [2.75, 3.05) is 13.1 Å². The SMILES string of the molecule is CCCCNC(=O)[C@@H](C[C@H](O)[C@@H](N)C[C@H](CNC(=O)c1ccccc1O)C(C)C)C(C)C. The van der Waals surface area contributed by atoms with Crippen LogP contribution < -0.4 is 16.4 Å². The molecule has 0 spiro atoms. The van der Waals surface area contributed by atoms with Gasteiger partial charge in [0.1, 0.15) is 5.75 Å². The first-order valence-electron chi connectivity index (χ1n) is 11.9. The highest BCUT2D eigenvalue weighted by Gasteiger charge is 2.29. The van der Waals surface area contributed by atoms with Crippen LogP contribution in [0.3, 0.4) is 0 Å². The number of para-hydroxylation sites is 1. The average Bonchev–Trinajstić information content (AvgIpc) is 2.74. The molecule has 0 aliphatic rings. The number of unbranched alkanes of at least 4 members (excludes halogenated alkanes) is 1. The van der Waals surface area contributed by atoms with E-state index in [1.165, 1.54) is 6.07 Å². The van der Waals surface area contributed by atoms with Gasteiger partial charge >= 0.3 is 0 Å². The van der Waals surface area contributed by atoms with Crippen molar-refractivity contribution >= 4 is 11.8 Å². The number of carbonyl (C=O) groups is 2. The number of phenolic OH excluding ortho intramolecular Hbond substituents is 1. The Morgan fingerprint density at radius 1 is 1.03 bits per heavy atom. The van der Waals surface area contributed by atoms with Gasteiger partial charge in [0.15, 0.2) is 0 Å². The predicted molar refractivity (Wildman–Crippen MR) is 128 cm³/mol. The second-order valence-corrected chi connectivity index (χ2v) is 9.43. The molecule has 0 aromatic heterocycles. The van der Waals surface area contributed by atoms with Crippen molar-refractivity contribution in [3.8, 4) is 5.75 Å². The fourth-order valence-electron chi connectivity index (χ4n) is 3.72. The molecule has 4 atom stereocenters. The van der Waals surface area contributed by atoms with Crippen molar-refractivity contribution in [1.29, 1.82) is 0 Å². The molecule has 7 heteroatoms. The highest BCUT2D eigenvalue weighted by molar-refractivity contribution is 5.96. The summed E-state index contributed by atoms with van der Waals surface area (Å²) >= 11 is 0. The van der Waals surface area contributed by atoms with Gasteiger partial charge in [-0.1, -0.05) is 53.2 Å². The lowest BCUT2D eigenvalue weighted by molar-refractivity contribution is -0.127. The van der Waals surface area contributed by atoms with E-state index in [1.54, 1.807) is 18.2 Å². The summed E-state index contributed by atoms with van der Waals surface area (Å²) in [5.41, 5.74) is 6.56. The largest absolute Gasteiger partial charge is 0.507 e. The third-order valence-electron chi connectivity index (χ3n) is 6.15. The summed E-state index contributed by atoms with van der Waals surface area (Å²) in [6.07, 6.45) is 1.96. The summed E-state index contributed by atoms with van der Waals surface area (Å²) in [4.78, 5) is 25.0. The average molecular weight is 450 g/mol. The zero-order valence-corrected chi connectivity index (χ0v) is 20.3. The number of hydrogen-bond donors (Lipinski definition) is 5. The van der Waals surface area contributed by atoms with Crippen LogP contribution in [0.4, 0.5) is 0 Å². The fourth-order valence-corrected chi connectivity index (χ4v) is 3.72. The highest BCUT2D eigenvalue weighted by Crippen LogP contribution is 2.23. The first-order chi connectivity index (χ1) is 15.1. The normalized spacial score (nSPS) is 15.3. The minimum Gasteiger partial charge on any atom is -0.507 e. The topological polar surface area (TPSA) is 125 Å². The number of nitrogens with two attached hydrogens (primary N) is 1. The van der Waals surface area contributed by atoms with Crippen LogP contribution in [-0.2, 0) is 4.79 Å². The third kappa shape index (κ3) is 9.17. The maximum Gasteiger partial charge on any atom is 0.255 e. The van der Waals surface area contributed by atoms with Crippen molar-refractivity contribution < 1.29 is 19.8 Å². The van der Waals surface area contributed by atoms with E-state index >= 15 is 0 Å². The zero-order chi connectivity index (χ0) is 24.3. The van der Waals surface area contributed by atoms with Crippen LogP contribution in [0.2, 0.25) is 0 Å². The summed E-state index contributed by atoms with van der Waals surface area (Å²) in [6.45, 7) is 11.2. The van der Waals surface area contributed by atoms with Gasteiger partial charge in [-0.25, -0.2) is 0 Å². The Labute approximate surface area is 193 Å². The van der Waals surface area contributed by atoms with E-state index in [9.17, 15) is 19.8 Å². The smallest absolute Gasteiger partial charge is 0.255 e. The molecule has 1 aromatic carbocycles. The Morgan fingerprint density at radius 2 is 1.69 bits per heavy atom. The van der Waals surface area contributed by atoms with Gasteiger partial charge in [0.25, 0.3) is 5.91 Å². The van der Waals surface area contributed by atoms with Crippen LogP contribution >= 0.6 is 0 Å². The monoisotopic (exact) mass is 449 g/mol. The molecule has 1 rings (SSSR count). The summed E-state index contributed by atoms with van der Waals surface area (Å²) in [5.74, 6) is -0.360. The molecular formula is C25H43N3O4. The predicted octanol–water partition coefficient (Wildman–Crippen LogP) is 3.05. The molecule has 6 N–H and O–H groups in total. The van der Waals surface area contributed by atoms with Crippen molar-refractivity contribution in [2.24, 2.45) is 29.4 Å². The number of nitrogens with one attached hydrogen (secondary N) is 2. The van der Waals surface area contributed by atoms with Gasteiger partial charge in [0.2, 0.25) is 5.91 Å². The molecule has 7 nitrogen and oxygen atoms in total. The quantitative estimate of drug-likeness (QED) is 0.279. The minimum absolute atomic E-state index is 0.0324. The van der Waals surface area contributed by atoms with Crippen molar-refractivity contribution in [1.82, 2.24) is 10.6 Å². The summed E-state index contributed by atoms with van der Waals surface area (Å²) < 4.78 is 0. The molecule has 2 amide bonds. The van der Waals surface area contributed by atoms with Crippen LogP contribution in [-0.4, -0.2) is 47.3 Å². The molecule has 182 valence electrons. The number of amides is 2. The second kappa shape index (κ2) is 14.1. The maximum absolute atomic E-state index is 12.6. The Hall–Kier alpha value is -2.12. The highest BCUT2D eigenvalue weighted by atomic mass is 16.3. The summed E-state index contributed by atoms with van der Waals surface area (Å²) in [6, 6.07) is 5.91. The molecule has 1 aromatic rings. The van der Waals surface area contributed by atoms with Gasteiger partial charge in [0.05, 0.1) is 11.7 Å². The van der Waals surface area contributed by atoms with Crippen LogP contribution in [0.15, 0.2) is 24.3 Å². The lowest BCUT2D eigenvalue weighted by Crippen LogP contribution is -2.44. The van der Waals surface area contributed by atoms with Crippen LogP contribution in [0.5, 0.6) is 5.75 Å². The third-order valence-corrected chi connectivity index (χ3v) is 6.15. The molecular weight excluding hydrogens is 406 g/mol. The van der Waals surface area contributed by atoms with Gasteiger partial charge in [0, 0.05) is 25.0 Å². The van der Waals surface area contributed by atoms with Gasteiger partial charge < -0.3 is 26.6 Å². The van der Waals surface area contributed by atoms with E-state index in [0.29, 0.717) is 25.9 Å². The molecule has 0 aliphatic heterocycles. The summed E-state index contributed by atoms with van der Waals surface area (Å²) in [7, 11) is 0. The van der Waals surface area contributed by atoms with Crippen LogP contribution in [0.25, 0.3) is 0 Å². The Kier molecular flexibility index (Phi) is 12.3. The zero-order valence-electron chi connectivity index (χ0n) is 20.3. The molecule has 0 fully saturated rings. The molecule has 0 saturated heterocycles. The van der Waals surface area contributed by atoms with E-state index < -0.39 is 12.1 Å². The number of carbonyl (C=O) groups excluding carboxylic acids is 2. The minimum atomic E-state index is -0.811. The van der Waals surface area contributed by atoms with Crippen molar-refractivity contribution in [3.05, 3.63) is 29.8 Å². The van der Waals surface area contributed by atoms with E-state index in [2.05, 4.69) is 17.6 Å². The van der Waals surface area contributed by atoms with Crippen LogP contribution in [0.1, 0.15) is 70.7 Å². The second-order valence-electron chi connectivity index (χ2n) is 9.43. The molecule has 0 bridgehead atoms. The Morgan fingerprint density at radius 3 is 2.25 bits per heavy atom. The maximum atomic E-state index is 12.6. The molecule has 0 unspecified atom stereocenters. The van der Waals surface area contributed by atoms with E-state index in [0.717, 1.165) is 12.8 Å². The van der Waals surface area contributed by atoms with Gasteiger partial charge in [-0.15, -0.1) is 0 Å². The number of benzene rings is 1. The first-order valence-corrected chi connectivity index (χ1v) is 11.9. The standard InChI is InChI=1S/C25H43N3O4/c1-6-7-12-27-25(32)20(17(4)5)14-23(30)21(26)13-18(16(2)3)15-28-24(31)19-10-8-9-11-22(19)29/h8-11,16-18,20-21,23,29-30H,6-7,12-15,26H2,1-5H3,(H,27,32)(H,28,31)/t18-,20+,21+,23+/m1/s1. The van der Waals surface area contributed by atoms with Crippen molar-refractivity contribution in [2.45, 2.75) is 72.4 Å². The number of rotatable bonds is 14. The number of phenols is 1. The number of hydrogen-bond acceptors (Lipinski definition) is 5. The molecule has 0 aliphatic carbocycles. The number of aliphatic hydroxyl groups is 1. The van der Waals surface area contributed by atoms with E-state index in [4.69, 9.17) is 5.73 Å². The molecule has 0 radical (unpaired) electrons. The van der Waals surface area contributed by atoms with Crippen molar-refractivity contribution in [3.63, 3.8) is 0 Å². The van der Waals surface area contributed by atoms with Crippen LogP contribution in [0, 0.1) is 23.7 Å². The lowest BCUT2D eigenvalue weighted by atomic mass is 9.83. The molecule has 0 heterocycles. The van der Waals surface area contributed by atoms with Gasteiger partial charge in [-0.05, 0) is 49.1 Å². The summed E-state index contributed by atoms with van der Waals surface area (Å²) in [5, 5.41) is 26.5. The van der Waals surface area contributed by atoms with Gasteiger partial charge in [-0.3, -0.25) is 9.59 Å². The van der Waals surface area contributed by atoms with Gasteiger partial charge in [-0.2, -0.15) is 0 Å². The fraction of sp³-hybridized carbons (Fsp3) is 0.680. The molecule has 32 heavy (non-hydrogen) atoms. The Bertz CT molecular complexity index is 708. The first kappa shape index (κ1) is 27.9. The molecule has 0 saturated carbocycles. The number of aromatic hydroxyl groups is 1. The number of aliphatic hydroxyl groups excluding tert-OH is 1. The Balaban J connectivity index is 2.67.